The fourth-order valence-corrected chi connectivity index (χ4v) is 1.66. The molecule has 1 rings (SSSR count). The van der Waals surface area contributed by atoms with E-state index in [0.717, 1.165) is 0 Å². The van der Waals surface area contributed by atoms with E-state index in [2.05, 4.69) is 10.3 Å². The van der Waals surface area contributed by atoms with E-state index in [-0.39, 0.29) is 27.6 Å². The molecule has 1 aromatic heterocycles. The number of carbonyl (C=O) groups excluding carboxylic acids is 2. The van der Waals surface area contributed by atoms with Gasteiger partial charge >= 0.3 is 0 Å². The number of hydrogen-bond acceptors (Lipinski definition) is 3. The first-order valence-electron chi connectivity index (χ1n) is 5.38. The first-order valence-corrected chi connectivity index (χ1v) is 6.14. The molecular weight excluding hydrogens is 277 g/mol. The summed E-state index contributed by atoms with van der Waals surface area (Å²) in [5, 5.41) is 3.13. The Morgan fingerprint density at radius 2 is 2.06 bits per heavy atom. The van der Waals surface area contributed by atoms with Crippen LogP contribution < -0.4 is 11.1 Å². The zero-order chi connectivity index (χ0) is 13.5. The van der Waals surface area contributed by atoms with Crippen LogP contribution >= 0.6 is 23.2 Å². The van der Waals surface area contributed by atoms with Gasteiger partial charge in [-0.3, -0.25) is 9.59 Å². The number of nitrogens with zero attached hydrogens (tertiary/aromatic N) is 1. The van der Waals surface area contributed by atoms with Crippen molar-refractivity contribution in [3.8, 4) is 0 Å². The lowest BCUT2D eigenvalue weighted by Gasteiger charge is -2.06. The number of nitrogens with two attached hydrogens (primary N) is 1. The standard InChI is InChI=1S/C11H13Cl2N3O2/c12-8-6-16-9(13)5-7(8)11(18)15-4-2-1-3-10(14)17/h5-6H,1-4H2,(H2,14,17)(H,15,18). The van der Waals surface area contributed by atoms with Crippen LogP contribution in [0, 0.1) is 0 Å². The van der Waals surface area contributed by atoms with Gasteiger partial charge in [-0.1, -0.05) is 23.2 Å². The second-order valence-electron chi connectivity index (χ2n) is 3.67. The number of primary amides is 1. The Morgan fingerprint density at radius 1 is 1.33 bits per heavy atom. The van der Waals surface area contributed by atoms with Crippen LogP contribution in [0.2, 0.25) is 10.2 Å². The van der Waals surface area contributed by atoms with Crippen molar-refractivity contribution >= 4 is 35.0 Å². The lowest BCUT2D eigenvalue weighted by Crippen LogP contribution is -2.25. The predicted molar refractivity (Wildman–Crippen MR) is 69.6 cm³/mol. The molecule has 0 unspecified atom stereocenters. The van der Waals surface area contributed by atoms with Crippen molar-refractivity contribution in [2.75, 3.05) is 6.54 Å². The fraction of sp³-hybridized carbons (Fsp3) is 0.364. The molecule has 0 aliphatic rings. The lowest BCUT2D eigenvalue weighted by molar-refractivity contribution is -0.118. The van der Waals surface area contributed by atoms with Crippen molar-refractivity contribution in [1.29, 1.82) is 0 Å². The maximum atomic E-state index is 11.7. The molecule has 0 radical (unpaired) electrons. The zero-order valence-corrected chi connectivity index (χ0v) is 11.1. The van der Waals surface area contributed by atoms with E-state index in [0.29, 0.717) is 25.8 Å². The number of unbranched alkanes of at least 4 members (excludes halogenated alkanes) is 1. The fourth-order valence-electron chi connectivity index (χ4n) is 1.31. The monoisotopic (exact) mass is 289 g/mol. The summed E-state index contributed by atoms with van der Waals surface area (Å²) in [4.78, 5) is 26.0. The number of halogens is 2. The van der Waals surface area contributed by atoms with Gasteiger partial charge < -0.3 is 11.1 Å². The van der Waals surface area contributed by atoms with Gasteiger partial charge in [-0.15, -0.1) is 0 Å². The summed E-state index contributed by atoms with van der Waals surface area (Å²) >= 11 is 11.5. The molecule has 0 saturated heterocycles. The van der Waals surface area contributed by atoms with E-state index < -0.39 is 0 Å². The smallest absolute Gasteiger partial charge is 0.252 e. The highest BCUT2D eigenvalue weighted by Crippen LogP contribution is 2.17. The van der Waals surface area contributed by atoms with Crippen LogP contribution in [0.25, 0.3) is 0 Å². The summed E-state index contributed by atoms with van der Waals surface area (Å²) in [5.41, 5.74) is 5.28. The Labute approximate surface area is 115 Å². The molecule has 0 saturated carbocycles. The largest absolute Gasteiger partial charge is 0.370 e. The highest BCUT2D eigenvalue weighted by molar-refractivity contribution is 6.35. The number of nitrogens with one attached hydrogen (secondary N) is 1. The van der Waals surface area contributed by atoms with Crippen LogP contribution in [0.1, 0.15) is 29.6 Å². The van der Waals surface area contributed by atoms with Gasteiger partial charge in [0.05, 0.1) is 10.6 Å². The molecule has 0 aromatic carbocycles. The molecule has 0 fully saturated rings. The third kappa shape index (κ3) is 4.89. The van der Waals surface area contributed by atoms with Crippen molar-refractivity contribution in [3.05, 3.63) is 28.0 Å². The molecule has 2 amide bonds. The summed E-state index contributed by atoms with van der Waals surface area (Å²) in [6.45, 7) is 0.447. The average Bonchev–Trinajstić information content (AvgIpc) is 2.31. The minimum atomic E-state index is -0.342. The molecule has 0 aliphatic heterocycles. The minimum Gasteiger partial charge on any atom is -0.370 e. The van der Waals surface area contributed by atoms with Crippen LogP contribution in [-0.4, -0.2) is 23.3 Å². The van der Waals surface area contributed by atoms with Crippen molar-refractivity contribution in [2.24, 2.45) is 5.73 Å². The van der Waals surface area contributed by atoms with Gasteiger partial charge in [-0.25, -0.2) is 4.98 Å². The van der Waals surface area contributed by atoms with Crippen LogP contribution in [0.4, 0.5) is 0 Å². The van der Waals surface area contributed by atoms with Crippen molar-refractivity contribution in [1.82, 2.24) is 10.3 Å². The van der Waals surface area contributed by atoms with E-state index >= 15 is 0 Å². The van der Waals surface area contributed by atoms with E-state index in [1.165, 1.54) is 12.3 Å². The summed E-state index contributed by atoms with van der Waals surface area (Å²) in [6, 6.07) is 1.41. The van der Waals surface area contributed by atoms with Gasteiger partial charge in [0.2, 0.25) is 5.91 Å². The van der Waals surface area contributed by atoms with E-state index in [9.17, 15) is 9.59 Å². The summed E-state index contributed by atoms with van der Waals surface area (Å²) in [5.74, 6) is -0.659. The molecule has 0 bridgehead atoms. The third-order valence-electron chi connectivity index (χ3n) is 2.20. The summed E-state index contributed by atoms with van der Waals surface area (Å²) < 4.78 is 0. The van der Waals surface area contributed by atoms with E-state index in [1.54, 1.807) is 0 Å². The van der Waals surface area contributed by atoms with Crippen LogP contribution in [0.3, 0.4) is 0 Å². The maximum Gasteiger partial charge on any atom is 0.252 e. The van der Waals surface area contributed by atoms with Gasteiger partial charge in [-0.05, 0) is 18.9 Å². The van der Waals surface area contributed by atoms with Gasteiger partial charge in [0.1, 0.15) is 5.15 Å². The molecule has 3 N–H and O–H groups in total. The Morgan fingerprint density at radius 3 is 2.72 bits per heavy atom. The quantitative estimate of drug-likeness (QED) is 0.618. The second-order valence-corrected chi connectivity index (χ2v) is 4.46. The highest BCUT2D eigenvalue weighted by atomic mass is 35.5. The normalized spacial score (nSPS) is 10.1. The third-order valence-corrected chi connectivity index (χ3v) is 2.71. The summed E-state index contributed by atoms with van der Waals surface area (Å²) in [6.07, 6.45) is 2.95. The summed E-state index contributed by atoms with van der Waals surface area (Å²) in [7, 11) is 0. The Balaban J connectivity index is 2.41. The molecule has 0 aliphatic carbocycles. The molecule has 5 nitrogen and oxygen atoms in total. The number of aromatic nitrogens is 1. The zero-order valence-electron chi connectivity index (χ0n) is 9.58. The Bertz CT molecular complexity index is 452. The molecule has 98 valence electrons. The Kier molecular flexibility index (Phi) is 5.88. The average molecular weight is 290 g/mol. The Hall–Kier alpha value is -1.33. The number of hydrogen-bond donors (Lipinski definition) is 2. The van der Waals surface area contributed by atoms with E-state index in [4.69, 9.17) is 28.9 Å². The number of pyridine rings is 1. The van der Waals surface area contributed by atoms with Crippen LogP contribution in [0.5, 0.6) is 0 Å². The predicted octanol–water partition coefficient (Wildman–Crippen LogP) is 1.77. The number of amides is 2. The first kappa shape index (κ1) is 14.7. The molecular formula is C11H13Cl2N3O2. The number of rotatable bonds is 6. The van der Waals surface area contributed by atoms with Gasteiger partial charge in [0.25, 0.3) is 5.91 Å². The second kappa shape index (κ2) is 7.18. The topological polar surface area (TPSA) is 85.1 Å². The van der Waals surface area contributed by atoms with Crippen LogP contribution in [0.15, 0.2) is 12.3 Å². The van der Waals surface area contributed by atoms with Crippen molar-refractivity contribution in [3.63, 3.8) is 0 Å². The van der Waals surface area contributed by atoms with Gasteiger partial charge in [0.15, 0.2) is 0 Å². The molecule has 18 heavy (non-hydrogen) atoms. The molecule has 0 atom stereocenters. The van der Waals surface area contributed by atoms with Crippen molar-refractivity contribution < 1.29 is 9.59 Å². The van der Waals surface area contributed by atoms with Crippen LogP contribution in [-0.2, 0) is 4.79 Å². The first-order chi connectivity index (χ1) is 8.50. The maximum absolute atomic E-state index is 11.7. The molecule has 7 heteroatoms. The minimum absolute atomic E-state index is 0.207. The van der Waals surface area contributed by atoms with Gasteiger partial charge in [0, 0.05) is 19.2 Å². The van der Waals surface area contributed by atoms with Gasteiger partial charge in [-0.2, -0.15) is 0 Å². The molecule has 1 aromatic rings. The van der Waals surface area contributed by atoms with E-state index in [1.807, 2.05) is 0 Å². The highest BCUT2D eigenvalue weighted by Gasteiger charge is 2.10. The van der Waals surface area contributed by atoms with Crippen molar-refractivity contribution in [2.45, 2.75) is 19.3 Å². The SMILES string of the molecule is NC(=O)CCCCNC(=O)c1cc(Cl)ncc1Cl. The lowest BCUT2D eigenvalue weighted by atomic mass is 10.2. The number of carbonyl (C=O) groups is 2. The molecule has 0 spiro atoms. The molecule has 1 heterocycles.